The van der Waals surface area contributed by atoms with E-state index in [1.807, 2.05) is 38.7 Å². The average molecular weight is 450 g/mol. The van der Waals surface area contributed by atoms with Gasteiger partial charge in [-0.05, 0) is 43.9 Å². The maximum absolute atomic E-state index is 13.1. The van der Waals surface area contributed by atoms with E-state index in [-0.39, 0.29) is 18.0 Å². The summed E-state index contributed by atoms with van der Waals surface area (Å²) in [5.74, 6) is -0.312. The summed E-state index contributed by atoms with van der Waals surface area (Å²) in [4.78, 5) is 31.8. The van der Waals surface area contributed by atoms with Crippen LogP contribution < -0.4 is 0 Å². The molecule has 33 heavy (non-hydrogen) atoms. The molecule has 6 nitrogen and oxygen atoms in total. The van der Waals surface area contributed by atoms with Crippen LogP contribution in [0.1, 0.15) is 39.7 Å². The summed E-state index contributed by atoms with van der Waals surface area (Å²) in [5.41, 5.74) is 3.14. The summed E-state index contributed by atoms with van der Waals surface area (Å²) >= 11 is 0. The van der Waals surface area contributed by atoms with Gasteiger partial charge in [-0.3, -0.25) is 4.90 Å². The van der Waals surface area contributed by atoms with E-state index in [1.54, 1.807) is 4.90 Å². The molecule has 2 fully saturated rings. The Balaban J connectivity index is 1.37. The molecule has 2 aromatic carbocycles. The second-order valence-corrected chi connectivity index (χ2v) is 10.0. The number of urea groups is 1. The second-order valence-electron chi connectivity index (χ2n) is 10.0. The highest BCUT2D eigenvalue weighted by molar-refractivity contribution is 5.85. The standard InChI is InChI=1S/C27H35N3O3/c1-5-24(25(31)33-27(2,3)4)30-19-23-18-28(15-16-29(23)26(30)32)17-20-11-13-22(14-12-20)21-9-7-6-8-10-21/h6-14,23-24H,5,15-19H2,1-4H3/t23?,24-/m0/s1. The van der Waals surface area contributed by atoms with Crippen molar-refractivity contribution in [2.75, 3.05) is 26.2 Å². The Morgan fingerprint density at radius 1 is 1.00 bits per heavy atom. The summed E-state index contributed by atoms with van der Waals surface area (Å²) in [6, 6.07) is 18.7. The van der Waals surface area contributed by atoms with Gasteiger partial charge in [0.05, 0.1) is 6.04 Å². The van der Waals surface area contributed by atoms with Crippen LogP contribution in [0.15, 0.2) is 54.6 Å². The lowest BCUT2D eigenvalue weighted by molar-refractivity contribution is -0.160. The zero-order valence-electron chi connectivity index (χ0n) is 20.2. The third kappa shape index (κ3) is 5.38. The van der Waals surface area contributed by atoms with Crippen molar-refractivity contribution >= 4 is 12.0 Å². The van der Waals surface area contributed by atoms with Gasteiger partial charge in [0.25, 0.3) is 0 Å². The van der Waals surface area contributed by atoms with Crippen LogP contribution in [-0.2, 0) is 16.1 Å². The molecule has 2 saturated heterocycles. The van der Waals surface area contributed by atoms with Crippen LogP contribution >= 0.6 is 0 Å². The lowest BCUT2D eigenvalue weighted by atomic mass is 10.0. The normalized spacial score (nSPS) is 20.0. The zero-order valence-corrected chi connectivity index (χ0v) is 20.2. The molecule has 2 heterocycles. The summed E-state index contributed by atoms with van der Waals surface area (Å²) < 4.78 is 5.58. The van der Waals surface area contributed by atoms with E-state index in [0.717, 1.165) is 19.6 Å². The van der Waals surface area contributed by atoms with Crippen molar-refractivity contribution in [3.05, 3.63) is 60.2 Å². The number of ether oxygens (including phenoxy) is 1. The van der Waals surface area contributed by atoms with Gasteiger partial charge in [0.15, 0.2) is 0 Å². The predicted molar refractivity (Wildman–Crippen MR) is 130 cm³/mol. The van der Waals surface area contributed by atoms with Crippen molar-refractivity contribution < 1.29 is 14.3 Å². The Kier molecular flexibility index (Phi) is 6.75. The molecule has 176 valence electrons. The monoisotopic (exact) mass is 449 g/mol. The number of carbonyl (C=O) groups is 2. The van der Waals surface area contributed by atoms with Gasteiger partial charge in [0, 0.05) is 32.7 Å². The molecule has 2 atom stereocenters. The van der Waals surface area contributed by atoms with Gasteiger partial charge in [0.2, 0.25) is 0 Å². The number of amides is 2. The highest BCUT2D eigenvalue weighted by atomic mass is 16.6. The van der Waals surface area contributed by atoms with E-state index in [1.165, 1.54) is 16.7 Å². The van der Waals surface area contributed by atoms with Gasteiger partial charge < -0.3 is 14.5 Å². The Morgan fingerprint density at radius 3 is 2.30 bits per heavy atom. The number of hydrogen-bond donors (Lipinski definition) is 0. The van der Waals surface area contributed by atoms with Crippen LogP contribution in [0.3, 0.4) is 0 Å². The third-order valence-corrected chi connectivity index (χ3v) is 6.37. The van der Waals surface area contributed by atoms with Crippen molar-refractivity contribution in [3.8, 4) is 11.1 Å². The molecule has 0 aliphatic carbocycles. The smallest absolute Gasteiger partial charge is 0.329 e. The van der Waals surface area contributed by atoms with Crippen molar-refractivity contribution in [1.29, 1.82) is 0 Å². The minimum Gasteiger partial charge on any atom is -0.458 e. The molecule has 2 aliphatic heterocycles. The van der Waals surface area contributed by atoms with E-state index in [0.29, 0.717) is 19.5 Å². The van der Waals surface area contributed by atoms with Gasteiger partial charge >= 0.3 is 12.0 Å². The summed E-state index contributed by atoms with van der Waals surface area (Å²) in [7, 11) is 0. The van der Waals surface area contributed by atoms with Crippen LogP contribution in [0.5, 0.6) is 0 Å². The van der Waals surface area contributed by atoms with E-state index in [9.17, 15) is 9.59 Å². The zero-order chi connectivity index (χ0) is 23.6. The SMILES string of the molecule is CC[C@@H](C(=O)OC(C)(C)C)N1CC2CN(Cc3ccc(-c4ccccc4)cc3)CCN2C1=O. The number of rotatable bonds is 6. The minimum atomic E-state index is -0.562. The molecule has 0 saturated carbocycles. The molecule has 0 radical (unpaired) electrons. The molecule has 1 unspecified atom stereocenters. The number of hydrogen-bond acceptors (Lipinski definition) is 4. The lowest BCUT2D eigenvalue weighted by Crippen LogP contribution is -2.51. The fourth-order valence-electron chi connectivity index (χ4n) is 4.78. The molecular formula is C27H35N3O3. The Labute approximate surface area is 197 Å². The first-order chi connectivity index (χ1) is 15.7. The second kappa shape index (κ2) is 9.56. The van der Waals surface area contributed by atoms with E-state index >= 15 is 0 Å². The van der Waals surface area contributed by atoms with Crippen molar-refractivity contribution in [3.63, 3.8) is 0 Å². The molecule has 2 aromatic rings. The van der Waals surface area contributed by atoms with Gasteiger partial charge in [-0.25, -0.2) is 9.59 Å². The number of fused-ring (bicyclic) bond motifs is 1. The van der Waals surface area contributed by atoms with Crippen molar-refractivity contribution in [2.45, 2.75) is 58.3 Å². The first-order valence-electron chi connectivity index (χ1n) is 11.9. The molecule has 0 aromatic heterocycles. The third-order valence-electron chi connectivity index (χ3n) is 6.37. The molecule has 2 aliphatic rings. The van der Waals surface area contributed by atoms with Gasteiger partial charge in [0.1, 0.15) is 11.6 Å². The predicted octanol–water partition coefficient (Wildman–Crippen LogP) is 4.40. The summed E-state index contributed by atoms with van der Waals surface area (Å²) in [6.07, 6.45) is 0.554. The topological polar surface area (TPSA) is 53.1 Å². The summed E-state index contributed by atoms with van der Waals surface area (Å²) in [6.45, 7) is 11.3. The maximum Gasteiger partial charge on any atom is 0.329 e. The minimum absolute atomic E-state index is 0.0374. The molecule has 4 rings (SSSR count). The molecule has 0 N–H and O–H groups in total. The van der Waals surface area contributed by atoms with Crippen molar-refractivity contribution in [1.82, 2.24) is 14.7 Å². The van der Waals surface area contributed by atoms with E-state index in [4.69, 9.17) is 4.74 Å². The van der Waals surface area contributed by atoms with Crippen LogP contribution in [0.4, 0.5) is 4.79 Å². The highest BCUT2D eigenvalue weighted by Crippen LogP contribution is 2.26. The number of carbonyl (C=O) groups excluding carboxylic acids is 2. The van der Waals surface area contributed by atoms with Gasteiger partial charge in [-0.15, -0.1) is 0 Å². The number of esters is 1. The maximum atomic E-state index is 13.1. The van der Waals surface area contributed by atoms with Crippen LogP contribution in [0, 0.1) is 0 Å². The first kappa shape index (κ1) is 23.3. The Hall–Kier alpha value is -2.86. The highest BCUT2D eigenvalue weighted by Gasteiger charge is 2.45. The lowest BCUT2D eigenvalue weighted by Gasteiger charge is -2.36. The van der Waals surface area contributed by atoms with Crippen LogP contribution in [0.25, 0.3) is 11.1 Å². The molecule has 6 heteroatoms. The number of nitrogens with zero attached hydrogens (tertiary/aromatic N) is 3. The van der Waals surface area contributed by atoms with Crippen LogP contribution in [-0.4, -0.2) is 70.6 Å². The fourth-order valence-corrected chi connectivity index (χ4v) is 4.78. The molecule has 0 bridgehead atoms. The molecule has 2 amide bonds. The first-order valence-corrected chi connectivity index (χ1v) is 11.9. The van der Waals surface area contributed by atoms with Crippen LogP contribution in [0.2, 0.25) is 0 Å². The Bertz CT molecular complexity index is 968. The van der Waals surface area contributed by atoms with Crippen molar-refractivity contribution in [2.24, 2.45) is 0 Å². The number of piperazine rings is 1. The van der Waals surface area contributed by atoms with E-state index < -0.39 is 11.6 Å². The molecular weight excluding hydrogens is 414 g/mol. The van der Waals surface area contributed by atoms with E-state index in [2.05, 4.69) is 53.4 Å². The van der Waals surface area contributed by atoms with Gasteiger partial charge in [-0.2, -0.15) is 0 Å². The quantitative estimate of drug-likeness (QED) is 0.614. The molecule has 0 spiro atoms. The van der Waals surface area contributed by atoms with Gasteiger partial charge in [-0.1, -0.05) is 61.5 Å². The number of benzene rings is 2. The summed E-state index contributed by atoms with van der Waals surface area (Å²) in [5, 5.41) is 0. The Morgan fingerprint density at radius 2 is 1.67 bits per heavy atom. The largest absolute Gasteiger partial charge is 0.458 e. The average Bonchev–Trinajstić information content (AvgIpc) is 3.10. The fraction of sp³-hybridized carbons (Fsp3) is 0.481.